The van der Waals surface area contributed by atoms with E-state index in [0.717, 1.165) is 0 Å². The van der Waals surface area contributed by atoms with E-state index in [9.17, 15) is 40.3 Å². The van der Waals surface area contributed by atoms with Gasteiger partial charge in [0.05, 0.1) is 16.5 Å². The maximum Gasteiger partial charge on any atom is 0.391 e. The Bertz CT molecular complexity index is 1590. The van der Waals surface area contributed by atoms with E-state index in [1.807, 2.05) is 0 Å². The summed E-state index contributed by atoms with van der Waals surface area (Å²) in [7, 11) is 0. The Hall–Kier alpha value is -3.33. The number of benzene rings is 1. The maximum atomic E-state index is 13.2. The Morgan fingerprint density at radius 2 is 1.80 bits per heavy atom. The van der Waals surface area contributed by atoms with E-state index in [1.54, 1.807) is 0 Å². The van der Waals surface area contributed by atoms with Gasteiger partial charge in [-0.3, -0.25) is 9.59 Å². The number of fused-ring (bicyclic) bond motifs is 1. The normalized spacial score (nSPS) is 21.2. The summed E-state index contributed by atoms with van der Waals surface area (Å²) >= 11 is 12.9. The first-order chi connectivity index (χ1) is 21.1. The van der Waals surface area contributed by atoms with E-state index in [4.69, 9.17) is 27.9 Å². The second-order valence-corrected chi connectivity index (χ2v) is 11.9. The van der Waals surface area contributed by atoms with Crippen molar-refractivity contribution in [2.75, 3.05) is 6.61 Å². The van der Waals surface area contributed by atoms with Crippen LogP contribution in [0.15, 0.2) is 18.2 Å². The minimum absolute atomic E-state index is 0.00624. The third kappa shape index (κ3) is 7.74. The third-order valence-electron chi connectivity index (χ3n) is 7.81. The van der Waals surface area contributed by atoms with Crippen LogP contribution < -0.4 is 15.4 Å². The smallest absolute Gasteiger partial charge is 0.391 e. The van der Waals surface area contributed by atoms with Crippen molar-refractivity contribution in [2.45, 2.75) is 69.6 Å². The molecule has 0 bridgehead atoms. The molecule has 3 aromatic rings. The number of nitrogens with one attached hydrogen (secondary N) is 3. The standard InChI is InChI=1S/C28H26Cl2F7N5O3/c29-18-6-1-12(10-38-25(44)17-9-27(17,33)34)22(30)15(18)8-21-40-19-7-16(26(42-23(19)41-21)45-11-20(31)32)24(43)39-14-4-2-13(3-5-14)28(35,36)37/h1,6-7,13-14,17,20H,2-5,8-11H2,(H,38,44)(H,39,43)(H,40,41,42). The second-order valence-electron chi connectivity index (χ2n) is 11.1. The lowest BCUT2D eigenvalue weighted by atomic mass is 9.85. The van der Waals surface area contributed by atoms with Gasteiger partial charge in [0.1, 0.15) is 17.3 Å². The van der Waals surface area contributed by atoms with E-state index >= 15 is 0 Å². The van der Waals surface area contributed by atoms with E-state index in [0.29, 0.717) is 11.1 Å². The molecule has 0 spiro atoms. The number of carbonyl (C=O) groups excluding carboxylic acids is 2. The van der Waals surface area contributed by atoms with Gasteiger partial charge >= 0.3 is 6.18 Å². The molecule has 1 unspecified atom stereocenters. The van der Waals surface area contributed by atoms with Crippen LogP contribution in [0.3, 0.4) is 0 Å². The molecule has 1 atom stereocenters. The minimum atomic E-state index is -4.32. The first-order valence-electron chi connectivity index (χ1n) is 13.9. The largest absolute Gasteiger partial charge is 0.471 e. The average molecular weight is 684 g/mol. The fourth-order valence-corrected chi connectivity index (χ4v) is 5.79. The number of hydrogen-bond donors (Lipinski definition) is 3. The van der Waals surface area contributed by atoms with Crippen LogP contribution in [-0.4, -0.2) is 57.9 Å². The molecule has 1 aromatic carbocycles. The molecule has 8 nitrogen and oxygen atoms in total. The van der Waals surface area contributed by atoms with Gasteiger partial charge in [0, 0.05) is 30.5 Å². The lowest BCUT2D eigenvalue weighted by Gasteiger charge is -2.30. The Morgan fingerprint density at radius 3 is 2.42 bits per heavy atom. The average Bonchev–Trinajstić information content (AvgIpc) is 3.43. The molecule has 45 heavy (non-hydrogen) atoms. The van der Waals surface area contributed by atoms with Crippen LogP contribution in [0, 0.1) is 11.8 Å². The molecule has 3 N–H and O–H groups in total. The predicted molar refractivity (Wildman–Crippen MR) is 149 cm³/mol. The Morgan fingerprint density at radius 1 is 1.11 bits per heavy atom. The number of rotatable bonds is 10. The van der Waals surface area contributed by atoms with Gasteiger partial charge in [0.25, 0.3) is 18.3 Å². The molecule has 0 saturated heterocycles. The SMILES string of the molecule is O=C(NC1CCC(C(F)(F)F)CC1)c1cc2[nH]c(Cc3c(Cl)ccc(CNC(=O)C4CC4(F)F)c3Cl)nc2nc1OCC(F)F. The number of nitrogens with zero attached hydrogens (tertiary/aromatic N) is 2. The van der Waals surface area contributed by atoms with Gasteiger partial charge in [-0.15, -0.1) is 0 Å². The molecule has 2 aliphatic rings. The van der Waals surface area contributed by atoms with Crippen LogP contribution in [0.4, 0.5) is 30.7 Å². The third-order valence-corrected chi connectivity index (χ3v) is 8.63. The first kappa shape index (κ1) is 33.0. The topological polar surface area (TPSA) is 109 Å². The summed E-state index contributed by atoms with van der Waals surface area (Å²) in [4.78, 5) is 36.6. The van der Waals surface area contributed by atoms with Gasteiger partial charge in [-0.25, -0.2) is 22.5 Å². The van der Waals surface area contributed by atoms with E-state index in [1.165, 1.54) is 18.2 Å². The summed E-state index contributed by atoms with van der Waals surface area (Å²) in [6.45, 7) is -1.20. The second kappa shape index (κ2) is 12.8. The summed E-state index contributed by atoms with van der Waals surface area (Å²) < 4.78 is 96.5. The number of ether oxygens (including phenoxy) is 1. The number of H-pyrrole nitrogens is 1. The molecule has 17 heteroatoms. The number of imidazole rings is 1. The van der Waals surface area contributed by atoms with Crippen molar-refractivity contribution in [2.24, 2.45) is 11.8 Å². The number of amides is 2. The van der Waals surface area contributed by atoms with Crippen molar-refractivity contribution in [3.05, 3.63) is 50.8 Å². The number of pyridine rings is 1. The van der Waals surface area contributed by atoms with Gasteiger partial charge in [-0.05, 0) is 48.9 Å². The van der Waals surface area contributed by atoms with Crippen LogP contribution in [0.25, 0.3) is 11.2 Å². The summed E-state index contributed by atoms with van der Waals surface area (Å²) in [5.74, 6) is -7.58. The van der Waals surface area contributed by atoms with Gasteiger partial charge in [0.15, 0.2) is 12.3 Å². The number of halogens is 9. The van der Waals surface area contributed by atoms with Crippen LogP contribution in [0.5, 0.6) is 5.88 Å². The Labute approximate surface area is 261 Å². The fourth-order valence-electron chi connectivity index (χ4n) is 5.22. The van der Waals surface area contributed by atoms with Crippen LogP contribution in [-0.2, 0) is 17.8 Å². The highest BCUT2D eigenvalue weighted by Crippen LogP contribution is 2.48. The zero-order valence-electron chi connectivity index (χ0n) is 23.2. The lowest BCUT2D eigenvalue weighted by molar-refractivity contribution is -0.182. The van der Waals surface area contributed by atoms with Crippen LogP contribution in [0.1, 0.15) is 59.4 Å². The van der Waals surface area contributed by atoms with Crippen LogP contribution >= 0.6 is 23.2 Å². The molecular formula is C28H26Cl2F7N5O3. The number of aromatic nitrogens is 3. The van der Waals surface area contributed by atoms with Crippen molar-refractivity contribution in [1.29, 1.82) is 0 Å². The summed E-state index contributed by atoms with van der Waals surface area (Å²) in [6, 6.07) is 3.78. The van der Waals surface area contributed by atoms with Crippen molar-refractivity contribution >= 4 is 46.2 Å². The summed E-state index contributed by atoms with van der Waals surface area (Å²) in [6.07, 6.45) is -7.85. The minimum Gasteiger partial charge on any atom is -0.471 e. The van der Waals surface area contributed by atoms with E-state index in [2.05, 4.69) is 25.6 Å². The quantitative estimate of drug-likeness (QED) is 0.208. The molecule has 2 saturated carbocycles. The van der Waals surface area contributed by atoms with Crippen molar-refractivity contribution in [3.63, 3.8) is 0 Å². The number of aromatic amines is 1. The van der Waals surface area contributed by atoms with Crippen molar-refractivity contribution in [3.8, 4) is 5.88 Å². The molecule has 5 rings (SSSR count). The first-order valence-corrected chi connectivity index (χ1v) is 14.7. The van der Waals surface area contributed by atoms with Crippen LogP contribution in [0.2, 0.25) is 10.0 Å². The molecule has 2 fully saturated rings. The molecule has 2 heterocycles. The van der Waals surface area contributed by atoms with E-state index in [-0.39, 0.29) is 71.2 Å². The molecule has 2 aliphatic carbocycles. The van der Waals surface area contributed by atoms with Gasteiger partial charge in [-0.1, -0.05) is 29.3 Å². The van der Waals surface area contributed by atoms with Gasteiger partial charge in [-0.2, -0.15) is 18.2 Å². The number of hydrogen-bond acceptors (Lipinski definition) is 5. The Balaban J connectivity index is 1.34. The highest BCUT2D eigenvalue weighted by Gasteiger charge is 2.61. The molecule has 2 amide bonds. The monoisotopic (exact) mass is 683 g/mol. The maximum absolute atomic E-state index is 13.2. The van der Waals surface area contributed by atoms with Crippen molar-refractivity contribution < 1.29 is 45.1 Å². The number of carbonyl (C=O) groups is 2. The summed E-state index contributed by atoms with van der Waals surface area (Å²) in [5.41, 5.74) is 0.807. The molecule has 0 aliphatic heterocycles. The fraction of sp³-hybridized carbons (Fsp3) is 0.500. The lowest BCUT2D eigenvalue weighted by Crippen LogP contribution is -2.40. The predicted octanol–water partition coefficient (Wildman–Crippen LogP) is 6.62. The highest BCUT2D eigenvalue weighted by molar-refractivity contribution is 6.36. The zero-order valence-corrected chi connectivity index (χ0v) is 24.7. The van der Waals surface area contributed by atoms with Crippen molar-refractivity contribution in [1.82, 2.24) is 25.6 Å². The van der Waals surface area contributed by atoms with Gasteiger partial charge < -0.3 is 20.4 Å². The molecule has 0 radical (unpaired) electrons. The number of alkyl halides is 7. The van der Waals surface area contributed by atoms with Gasteiger partial charge in [0.2, 0.25) is 11.8 Å². The molecule has 244 valence electrons. The zero-order chi connectivity index (χ0) is 32.7. The summed E-state index contributed by atoms with van der Waals surface area (Å²) in [5, 5.41) is 5.47. The van der Waals surface area contributed by atoms with E-state index < -0.39 is 67.1 Å². The molecular weight excluding hydrogens is 658 g/mol. The Kier molecular flexibility index (Phi) is 9.41. The highest BCUT2D eigenvalue weighted by atomic mass is 35.5. The molecule has 2 aromatic heterocycles.